The van der Waals surface area contributed by atoms with Crippen LogP contribution >= 0.6 is 12.6 Å². The molecule has 1 heterocycles. The Kier molecular flexibility index (Phi) is 3.35. The molecule has 0 aromatic carbocycles. The molecule has 1 aromatic rings. The standard InChI is InChI=1S/C8H14N2O2S/c1-5-6(3-9-10(5)2)8(12)7(11)4-13/h3,7-8,11-13H,4H2,1-2H3. The lowest BCUT2D eigenvalue weighted by Gasteiger charge is -2.15. The van der Waals surface area contributed by atoms with Gasteiger partial charge in [0.1, 0.15) is 6.10 Å². The third-order valence-electron chi connectivity index (χ3n) is 2.14. The average molecular weight is 202 g/mol. The second-order valence-electron chi connectivity index (χ2n) is 3.00. The van der Waals surface area contributed by atoms with Crippen molar-refractivity contribution in [1.82, 2.24) is 9.78 Å². The number of aryl methyl sites for hydroxylation is 1. The molecule has 74 valence electrons. The van der Waals surface area contributed by atoms with E-state index >= 15 is 0 Å². The van der Waals surface area contributed by atoms with E-state index in [2.05, 4.69) is 17.7 Å². The normalized spacial score (nSPS) is 15.8. The fourth-order valence-corrected chi connectivity index (χ4v) is 1.31. The number of aromatic nitrogens is 2. The third-order valence-corrected chi connectivity index (χ3v) is 2.52. The highest BCUT2D eigenvalue weighted by molar-refractivity contribution is 7.80. The van der Waals surface area contributed by atoms with Crippen LogP contribution in [0.25, 0.3) is 0 Å². The molecule has 5 heteroatoms. The molecule has 0 aliphatic rings. The molecule has 0 saturated heterocycles. The average Bonchev–Trinajstić information content (AvgIpc) is 2.45. The van der Waals surface area contributed by atoms with Crippen LogP contribution in [0.4, 0.5) is 0 Å². The number of aliphatic hydroxyl groups excluding tert-OH is 2. The van der Waals surface area contributed by atoms with Gasteiger partial charge in [-0.3, -0.25) is 4.68 Å². The summed E-state index contributed by atoms with van der Waals surface area (Å²) in [6.07, 6.45) is -0.176. The molecule has 0 amide bonds. The second-order valence-corrected chi connectivity index (χ2v) is 3.37. The van der Waals surface area contributed by atoms with Gasteiger partial charge in [0.15, 0.2) is 0 Å². The Labute approximate surface area is 82.6 Å². The molecular weight excluding hydrogens is 188 g/mol. The van der Waals surface area contributed by atoms with Crippen molar-refractivity contribution in [3.63, 3.8) is 0 Å². The van der Waals surface area contributed by atoms with Crippen LogP contribution in [0.2, 0.25) is 0 Å². The molecule has 0 aliphatic heterocycles. The fraction of sp³-hybridized carbons (Fsp3) is 0.625. The van der Waals surface area contributed by atoms with Gasteiger partial charge in [0, 0.05) is 24.1 Å². The Bertz CT molecular complexity index is 288. The Morgan fingerprint density at radius 3 is 2.62 bits per heavy atom. The highest BCUT2D eigenvalue weighted by Gasteiger charge is 2.20. The first-order valence-corrected chi connectivity index (χ1v) is 4.66. The predicted molar refractivity (Wildman–Crippen MR) is 52.8 cm³/mol. The van der Waals surface area contributed by atoms with Gasteiger partial charge in [-0.1, -0.05) is 0 Å². The van der Waals surface area contributed by atoms with Crippen molar-refractivity contribution in [2.75, 3.05) is 5.75 Å². The predicted octanol–water partition coefficient (Wildman–Crippen LogP) is 0.0526. The first-order valence-electron chi connectivity index (χ1n) is 4.03. The topological polar surface area (TPSA) is 58.3 Å². The number of thiol groups is 1. The van der Waals surface area contributed by atoms with Gasteiger partial charge in [0.25, 0.3) is 0 Å². The number of hydrogen-bond acceptors (Lipinski definition) is 4. The maximum absolute atomic E-state index is 9.63. The maximum Gasteiger partial charge on any atom is 0.109 e. The number of rotatable bonds is 3. The van der Waals surface area contributed by atoms with E-state index in [-0.39, 0.29) is 5.75 Å². The van der Waals surface area contributed by atoms with Crippen molar-refractivity contribution in [1.29, 1.82) is 0 Å². The number of nitrogens with zero attached hydrogens (tertiary/aromatic N) is 2. The first kappa shape index (κ1) is 10.6. The summed E-state index contributed by atoms with van der Waals surface area (Å²) in [5.41, 5.74) is 1.51. The van der Waals surface area contributed by atoms with Gasteiger partial charge in [-0.2, -0.15) is 17.7 Å². The Hall–Kier alpha value is -0.520. The fourth-order valence-electron chi connectivity index (χ4n) is 1.11. The minimum atomic E-state index is -0.897. The maximum atomic E-state index is 9.63. The van der Waals surface area contributed by atoms with Gasteiger partial charge in [0.05, 0.1) is 12.3 Å². The SMILES string of the molecule is Cc1c(C(O)C(O)CS)cnn1C. The van der Waals surface area contributed by atoms with E-state index in [0.29, 0.717) is 5.56 Å². The summed E-state index contributed by atoms with van der Waals surface area (Å²) in [4.78, 5) is 0. The van der Waals surface area contributed by atoms with Crippen molar-refractivity contribution in [2.45, 2.75) is 19.1 Å². The molecule has 1 rings (SSSR count). The monoisotopic (exact) mass is 202 g/mol. The molecule has 0 aliphatic carbocycles. The summed E-state index contributed by atoms with van der Waals surface area (Å²) in [6.45, 7) is 1.84. The van der Waals surface area contributed by atoms with Gasteiger partial charge < -0.3 is 10.2 Å². The quantitative estimate of drug-likeness (QED) is 0.607. The first-order chi connectivity index (χ1) is 6.07. The van der Waals surface area contributed by atoms with Crippen LogP contribution in [0.3, 0.4) is 0 Å². The van der Waals surface area contributed by atoms with Crippen molar-refractivity contribution in [3.05, 3.63) is 17.5 Å². The molecule has 1 aromatic heterocycles. The zero-order valence-corrected chi connectivity index (χ0v) is 8.57. The summed E-state index contributed by atoms with van der Waals surface area (Å²) in [5.74, 6) is 0.232. The van der Waals surface area contributed by atoms with Crippen molar-refractivity contribution in [3.8, 4) is 0 Å². The van der Waals surface area contributed by atoms with Crippen molar-refractivity contribution < 1.29 is 10.2 Å². The Balaban J connectivity index is 2.88. The lowest BCUT2D eigenvalue weighted by Crippen LogP contribution is -2.20. The third kappa shape index (κ3) is 2.04. The van der Waals surface area contributed by atoms with Crippen molar-refractivity contribution >= 4 is 12.6 Å². The van der Waals surface area contributed by atoms with Gasteiger partial charge >= 0.3 is 0 Å². The zero-order chi connectivity index (χ0) is 10.0. The summed E-state index contributed by atoms with van der Waals surface area (Å²) in [7, 11) is 1.79. The molecule has 4 nitrogen and oxygen atoms in total. The molecule has 0 fully saturated rings. The molecule has 0 saturated carbocycles. The number of aliphatic hydroxyl groups is 2. The summed E-state index contributed by atoms with van der Waals surface area (Å²) < 4.78 is 1.66. The Morgan fingerprint density at radius 2 is 2.23 bits per heavy atom. The highest BCUT2D eigenvalue weighted by Crippen LogP contribution is 2.20. The zero-order valence-electron chi connectivity index (χ0n) is 7.68. The van der Waals surface area contributed by atoms with E-state index in [9.17, 15) is 10.2 Å². The lowest BCUT2D eigenvalue weighted by molar-refractivity contribution is 0.0333. The Morgan fingerprint density at radius 1 is 1.62 bits per heavy atom. The summed E-state index contributed by atoms with van der Waals surface area (Å²) in [5, 5.41) is 23.0. The van der Waals surface area contributed by atoms with Crippen LogP contribution in [0, 0.1) is 6.92 Å². The van der Waals surface area contributed by atoms with Crippen LogP contribution in [0.1, 0.15) is 17.4 Å². The van der Waals surface area contributed by atoms with Crippen molar-refractivity contribution in [2.24, 2.45) is 7.05 Å². The summed E-state index contributed by atoms with van der Waals surface area (Å²) >= 11 is 3.91. The van der Waals surface area contributed by atoms with Gasteiger partial charge in [-0.25, -0.2) is 0 Å². The molecule has 2 atom stereocenters. The van der Waals surface area contributed by atoms with Crippen LogP contribution in [0.15, 0.2) is 6.20 Å². The van der Waals surface area contributed by atoms with Crippen LogP contribution in [0.5, 0.6) is 0 Å². The van der Waals surface area contributed by atoms with E-state index < -0.39 is 12.2 Å². The smallest absolute Gasteiger partial charge is 0.109 e. The molecule has 0 spiro atoms. The van der Waals surface area contributed by atoms with E-state index in [1.165, 1.54) is 0 Å². The minimum absolute atomic E-state index is 0.232. The molecule has 0 bridgehead atoms. The second kappa shape index (κ2) is 4.13. The highest BCUT2D eigenvalue weighted by atomic mass is 32.1. The molecule has 13 heavy (non-hydrogen) atoms. The molecular formula is C8H14N2O2S. The molecule has 2 unspecified atom stereocenters. The van der Waals surface area contributed by atoms with E-state index in [4.69, 9.17) is 0 Å². The van der Waals surface area contributed by atoms with Crippen LogP contribution in [-0.2, 0) is 7.05 Å². The van der Waals surface area contributed by atoms with E-state index in [1.54, 1.807) is 17.9 Å². The van der Waals surface area contributed by atoms with Crippen LogP contribution < -0.4 is 0 Å². The van der Waals surface area contributed by atoms with E-state index in [1.807, 2.05) is 6.92 Å². The molecule has 0 radical (unpaired) electrons. The summed E-state index contributed by atoms with van der Waals surface area (Å²) in [6, 6.07) is 0. The van der Waals surface area contributed by atoms with Crippen LogP contribution in [-0.4, -0.2) is 31.9 Å². The molecule has 2 N–H and O–H groups in total. The van der Waals surface area contributed by atoms with Gasteiger partial charge in [-0.05, 0) is 6.92 Å². The van der Waals surface area contributed by atoms with Gasteiger partial charge in [-0.15, -0.1) is 0 Å². The van der Waals surface area contributed by atoms with E-state index in [0.717, 1.165) is 5.69 Å². The van der Waals surface area contributed by atoms with Gasteiger partial charge in [0.2, 0.25) is 0 Å². The lowest BCUT2D eigenvalue weighted by atomic mass is 10.1. The number of hydrogen-bond donors (Lipinski definition) is 3. The minimum Gasteiger partial charge on any atom is -0.389 e. The largest absolute Gasteiger partial charge is 0.389 e.